The third-order valence-corrected chi connectivity index (χ3v) is 4.04. The zero-order valence-corrected chi connectivity index (χ0v) is 15.5. The van der Waals surface area contributed by atoms with Crippen LogP contribution in [0.4, 0.5) is 0 Å². The molecule has 134 valence electrons. The molecule has 5 nitrogen and oxygen atoms in total. The Balaban J connectivity index is 2.45. The lowest BCUT2D eigenvalue weighted by Crippen LogP contribution is -2.32. The molecule has 2 unspecified atom stereocenters. The Labute approximate surface area is 149 Å². The van der Waals surface area contributed by atoms with Crippen molar-refractivity contribution in [2.75, 3.05) is 7.11 Å². The number of ether oxygens (including phenoxy) is 2. The zero-order chi connectivity index (χ0) is 18.6. The molecule has 0 radical (unpaired) electrons. The molecule has 1 heterocycles. The molecule has 2 aromatic rings. The van der Waals surface area contributed by atoms with Gasteiger partial charge in [-0.15, -0.1) is 0 Å². The molecule has 5 heteroatoms. The molecule has 1 aromatic carbocycles. The van der Waals surface area contributed by atoms with E-state index in [1.165, 1.54) is 0 Å². The van der Waals surface area contributed by atoms with Gasteiger partial charge in [0.1, 0.15) is 5.75 Å². The summed E-state index contributed by atoms with van der Waals surface area (Å²) in [4.78, 5) is 4.66. The van der Waals surface area contributed by atoms with Gasteiger partial charge in [-0.2, -0.15) is 5.26 Å². The summed E-state index contributed by atoms with van der Waals surface area (Å²) in [5.41, 5.74) is 2.09. The minimum absolute atomic E-state index is 0.308. The van der Waals surface area contributed by atoms with Crippen LogP contribution < -0.4 is 4.74 Å². The highest BCUT2D eigenvalue weighted by atomic mass is 16.6. The topological polar surface area (TPSA) is 75.4 Å². The first-order valence-electron chi connectivity index (χ1n) is 8.43. The highest BCUT2D eigenvalue weighted by Crippen LogP contribution is 2.32. The van der Waals surface area contributed by atoms with Crippen LogP contribution in [0.1, 0.15) is 50.8 Å². The second-order valence-corrected chi connectivity index (χ2v) is 7.15. The third kappa shape index (κ3) is 4.91. The normalized spacial score (nSPS) is 14.1. The second-order valence-electron chi connectivity index (χ2n) is 7.15. The lowest BCUT2D eigenvalue weighted by molar-refractivity contribution is -0.178. The standard InChI is InChI=1S/C20H26N2O3/c1-13-17(11-14-8-9-15(24-5)12-18(14)22-13)16(7-6-10-21)19(23)25-20(2,3)4/h8-9,11-12,16,19,23H,6-7H2,1-5H3. The SMILES string of the molecule is COc1ccc2cc(C(CCC#N)C(O)OC(C)(C)C)c(C)nc2c1. The number of benzene rings is 1. The van der Waals surface area contributed by atoms with E-state index in [0.29, 0.717) is 12.8 Å². The lowest BCUT2D eigenvalue weighted by atomic mass is 9.91. The molecule has 0 aliphatic rings. The maximum atomic E-state index is 10.6. The molecule has 1 N–H and O–H groups in total. The summed E-state index contributed by atoms with van der Waals surface area (Å²) in [6, 6.07) is 9.89. The van der Waals surface area contributed by atoms with E-state index >= 15 is 0 Å². The van der Waals surface area contributed by atoms with Crippen LogP contribution in [0, 0.1) is 18.3 Å². The molecule has 0 aliphatic carbocycles. The van der Waals surface area contributed by atoms with Crippen LogP contribution in [-0.4, -0.2) is 29.1 Å². The van der Waals surface area contributed by atoms with E-state index in [4.69, 9.17) is 14.7 Å². The number of aromatic nitrogens is 1. The summed E-state index contributed by atoms with van der Waals surface area (Å²) < 4.78 is 11.0. The van der Waals surface area contributed by atoms with E-state index in [1.807, 2.05) is 52.0 Å². The summed E-state index contributed by atoms with van der Waals surface area (Å²) in [7, 11) is 1.63. The Morgan fingerprint density at radius 1 is 1.28 bits per heavy atom. The molecule has 0 amide bonds. The van der Waals surface area contributed by atoms with Gasteiger partial charge in [0.2, 0.25) is 0 Å². The van der Waals surface area contributed by atoms with Gasteiger partial charge in [0.15, 0.2) is 6.29 Å². The predicted molar refractivity (Wildman–Crippen MR) is 97.5 cm³/mol. The molecule has 0 saturated carbocycles. The number of aryl methyl sites for hydroxylation is 1. The largest absolute Gasteiger partial charge is 0.497 e. The number of nitrogens with zero attached hydrogens (tertiary/aromatic N) is 2. The van der Waals surface area contributed by atoms with E-state index in [1.54, 1.807) is 7.11 Å². The fraction of sp³-hybridized carbons (Fsp3) is 0.500. The van der Waals surface area contributed by atoms with Gasteiger partial charge in [0, 0.05) is 29.5 Å². The first kappa shape index (κ1) is 19.2. The van der Waals surface area contributed by atoms with Crippen LogP contribution in [0.3, 0.4) is 0 Å². The smallest absolute Gasteiger partial charge is 0.162 e. The number of hydrogen-bond acceptors (Lipinski definition) is 5. The van der Waals surface area contributed by atoms with Gasteiger partial charge in [-0.25, -0.2) is 0 Å². The van der Waals surface area contributed by atoms with E-state index in [0.717, 1.165) is 27.9 Å². The minimum Gasteiger partial charge on any atom is -0.497 e. The van der Waals surface area contributed by atoms with Gasteiger partial charge < -0.3 is 14.6 Å². The molecule has 0 bridgehead atoms. The average molecular weight is 342 g/mol. The van der Waals surface area contributed by atoms with Gasteiger partial charge in [0.25, 0.3) is 0 Å². The number of methoxy groups -OCH3 is 1. The molecule has 25 heavy (non-hydrogen) atoms. The molecule has 2 atom stereocenters. The molecule has 0 spiro atoms. The summed E-state index contributed by atoms with van der Waals surface area (Å²) in [5.74, 6) is 0.446. The highest BCUT2D eigenvalue weighted by Gasteiger charge is 2.28. The van der Waals surface area contributed by atoms with Crippen LogP contribution in [0.25, 0.3) is 10.9 Å². The molecule has 0 fully saturated rings. The van der Waals surface area contributed by atoms with Gasteiger partial charge in [-0.1, -0.05) is 0 Å². The number of aliphatic hydroxyl groups excluding tert-OH is 1. The van der Waals surface area contributed by atoms with Crippen LogP contribution >= 0.6 is 0 Å². The summed E-state index contributed by atoms with van der Waals surface area (Å²) in [5, 5.41) is 20.6. The molecule has 1 aromatic heterocycles. The maximum absolute atomic E-state index is 10.6. The maximum Gasteiger partial charge on any atom is 0.162 e. The van der Waals surface area contributed by atoms with Crippen LogP contribution in [0.5, 0.6) is 5.75 Å². The van der Waals surface area contributed by atoms with E-state index in [9.17, 15) is 5.11 Å². The van der Waals surface area contributed by atoms with Crippen LogP contribution in [0.15, 0.2) is 24.3 Å². The van der Waals surface area contributed by atoms with Crippen molar-refractivity contribution >= 4 is 10.9 Å². The zero-order valence-electron chi connectivity index (χ0n) is 15.5. The fourth-order valence-electron chi connectivity index (χ4n) is 2.88. The van der Waals surface area contributed by atoms with Gasteiger partial charge in [-0.3, -0.25) is 4.98 Å². The number of nitriles is 1. The number of fused-ring (bicyclic) bond motifs is 1. The Hall–Kier alpha value is -2.16. The van der Waals surface area contributed by atoms with Crippen LogP contribution in [0.2, 0.25) is 0 Å². The number of rotatable bonds is 6. The van der Waals surface area contributed by atoms with Crippen molar-refractivity contribution in [2.24, 2.45) is 0 Å². The van der Waals surface area contributed by atoms with Crippen LogP contribution in [-0.2, 0) is 4.74 Å². The van der Waals surface area contributed by atoms with Crippen molar-refractivity contribution in [3.63, 3.8) is 0 Å². The molecule has 0 aliphatic heterocycles. The summed E-state index contributed by atoms with van der Waals surface area (Å²) in [6.45, 7) is 7.61. The van der Waals surface area contributed by atoms with Gasteiger partial charge in [-0.05, 0) is 57.9 Å². The van der Waals surface area contributed by atoms with Crippen molar-refractivity contribution in [1.29, 1.82) is 5.26 Å². The average Bonchev–Trinajstić information content (AvgIpc) is 2.53. The van der Waals surface area contributed by atoms with Gasteiger partial charge >= 0.3 is 0 Å². The lowest BCUT2D eigenvalue weighted by Gasteiger charge is -2.30. The number of aliphatic hydroxyl groups is 1. The van der Waals surface area contributed by atoms with Crippen molar-refractivity contribution in [1.82, 2.24) is 4.98 Å². The minimum atomic E-state index is -0.996. The fourth-order valence-corrected chi connectivity index (χ4v) is 2.88. The van der Waals surface area contributed by atoms with Crippen molar-refractivity contribution in [3.8, 4) is 11.8 Å². The van der Waals surface area contributed by atoms with Crippen molar-refractivity contribution in [2.45, 2.75) is 58.3 Å². The first-order chi connectivity index (χ1) is 11.7. The highest BCUT2D eigenvalue weighted by molar-refractivity contribution is 5.81. The Morgan fingerprint density at radius 2 is 2.00 bits per heavy atom. The summed E-state index contributed by atoms with van der Waals surface area (Å²) >= 11 is 0. The molecular formula is C20H26N2O3. The Kier molecular flexibility index (Phi) is 5.99. The predicted octanol–water partition coefficient (Wildman–Crippen LogP) is 4.07. The Bertz CT molecular complexity index is 775. The Morgan fingerprint density at radius 3 is 2.60 bits per heavy atom. The van der Waals surface area contributed by atoms with Gasteiger partial charge in [0.05, 0.1) is 24.3 Å². The third-order valence-electron chi connectivity index (χ3n) is 4.04. The second kappa shape index (κ2) is 7.81. The van der Waals surface area contributed by atoms with E-state index in [-0.39, 0.29) is 5.92 Å². The van der Waals surface area contributed by atoms with Crippen molar-refractivity contribution < 1.29 is 14.6 Å². The van der Waals surface area contributed by atoms with E-state index in [2.05, 4.69) is 11.1 Å². The first-order valence-corrected chi connectivity index (χ1v) is 8.43. The quantitative estimate of drug-likeness (QED) is 0.801. The monoisotopic (exact) mass is 342 g/mol. The molecule has 2 rings (SSSR count). The van der Waals surface area contributed by atoms with E-state index < -0.39 is 11.9 Å². The molecule has 0 saturated heterocycles. The summed E-state index contributed by atoms with van der Waals surface area (Å²) in [6.07, 6.45) is -0.141. The number of pyridine rings is 1. The molecular weight excluding hydrogens is 316 g/mol. The van der Waals surface area contributed by atoms with Crippen molar-refractivity contribution in [3.05, 3.63) is 35.5 Å². The number of hydrogen-bond donors (Lipinski definition) is 1.